The molecule has 2 bridgehead atoms. The third kappa shape index (κ3) is 2.93. The maximum absolute atomic E-state index is 12.9. The Kier molecular flexibility index (Phi) is 4.50. The number of allylic oxidation sites excluding steroid dienone is 2. The molecule has 5 atom stereocenters. The van der Waals surface area contributed by atoms with Gasteiger partial charge in [0, 0.05) is 5.69 Å². The van der Waals surface area contributed by atoms with Crippen LogP contribution < -0.4 is 10.1 Å². The van der Waals surface area contributed by atoms with Gasteiger partial charge in [-0.2, -0.15) is 0 Å². The van der Waals surface area contributed by atoms with Crippen LogP contribution in [0.1, 0.15) is 26.7 Å². The number of ether oxygens (including phenoxy) is 1. The third-order valence-corrected chi connectivity index (χ3v) is 5.99. The van der Waals surface area contributed by atoms with Crippen LogP contribution in [-0.2, 0) is 14.4 Å². The lowest BCUT2D eigenvalue weighted by Crippen LogP contribution is -2.46. The van der Waals surface area contributed by atoms with Gasteiger partial charge in [0.1, 0.15) is 11.8 Å². The fourth-order valence-corrected chi connectivity index (χ4v) is 4.64. The van der Waals surface area contributed by atoms with Crippen molar-refractivity contribution in [3.63, 3.8) is 0 Å². The molecule has 1 aromatic carbocycles. The lowest BCUT2D eigenvalue weighted by Gasteiger charge is -2.38. The molecule has 1 aromatic rings. The predicted molar refractivity (Wildman–Crippen MR) is 99.9 cm³/mol. The molecule has 3 amide bonds. The number of likely N-dealkylation sites (tertiary alicyclic amines) is 1. The first-order valence-corrected chi connectivity index (χ1v) is 9.60. The molecule has 0 spiro atoms. The second-order valence-electron chi connectivity index (χ2n) is 7.51. The molecule has 1 saturated carbocycles. The number of hydrogen-bond acceptors (Lipinski definition) is 4. The topological polar surface area (TPSA) is 75.7 Å². The molecule has 4 aliphatic rings. The Labute approximate surface area is 158 Å². The van der Waals surface area contributed by atoms with Gasteiger partial charge in [0.25, 0.3) is 0 Å². The highest BCUT2D eigenvalue weighted by molar-refractivity contribution is 6.10. The number of rotatable bonds is 5. The second-order valence-corrected chi connectivity index (χ2v) is 7.51. The number of nitrogens with zero attached hydrogens (tertiary/aromatic N) is 1. The van der Waals surface area contributed by atoms with Crippen LogP contribution in [0.4, 0.5) is 5.69 Å². The van der Waals surface area contributed by atoms with Gasteiger partial charge >= 0.3 is 0 Å². The highest BCUT2D eigenvalue weighted by atomic mass is 16.5. The Balaban J connectivity index is 1.47. The number of hydrogen-bond donors (Lipinski definition) is 1. The van der Waals surface area contributed by atoms with Crippen molar-refractivity contribution in [1.82, 2.24) is 4.90 Å². The number of nitrogens with one attached hydrogen (secondary N) is 1. The van der Waals surface area contributed by atoms with E-state index in [0.29, 0.717) is 12.3 Å². The van der Waals surface area contributed by atoms with Crippen LogP contribution in [0.5, 0.6) is 5.75 Å². The van der Waals surface area contributed by atoms with Gasteiger partial charge in [0.15, 0.2) is 0 Å². The molecule has 3 aliphatic carbocycles. The number of carbonyl (C=O) groups excluding carboxylic acids is 3. The van der Waals surface area contributed by atoms with Gasteiger partial charge in [-0.25, -0.2) is 0 Å². The van der Waals surface area contributed by atoms with Crippen LogP contribution in [0.3, 0.4) is 0 Å². The summed E-state index contributed by atoms with van der Waals surface area (Å²) in [5.74, 6) is -0.355. The molecule has 1 aliphatic heterocycles. The normalized spacial score (nSPS) is 29.6. The number of carbonyl (C=O) groups is 3. The number of benzene rings is 1. The molecule has 6 nitrogen and oxygen atoms in total. The van der Waals surface area contributed by atoms with Crippen molar-refractivity contribution >= 4 is 23.4 Å². The van der Waals surface area contributed by atoms with Crippen molar-refractivity contribution in [2.75, 3.05) is 11.9 Å². The molecule has 0 unspecified atom stereocenters. The van der Waals surface area contributed by atoms with Crippen molar-refractivity contribution < 1.29 is 19.1 Å². The predicted octanol–water partition coefficient (Wildman–Crippen LogP) is 2.61. The van der Waals surface area contributed by atoms with Crippen molar-refractivity contribution in [1.29, 1.82) is 0 Å². The third-order valence-electron chi connectivity index (χ3n) is 5.99. The van der Waals surface area contributed by atoms with E-state index in [1.54, 1.807) is 31.2 Å². The van der Waals surface area contributed by atoms with E-state index in [2.05, 4.69) is 17.5 Å². The second kappa shape index (κ2) is 6.83. The van der Waals surface area contributed by atoms with Gasteiger partial charge in [-0.05, 0) is 62.8 Å². The van der Waals surface area contributed by atoms with E-state index in [1.165, 1.54) is 4.90 Å². The van der Waals surface area contributed by atoms with E-state index in [-0.39, 0.29) is 41.4 Å². The standard InChI is InChI=1S/C21H24N2O4/c1-3-27-16-10-8-15(9-11-16)22-19(24)12(2)23-20(25)17-13-4-5-14(7-6-13)18(17)21(23)26/h4-5,8-14,17-18H,3,6-7H2,1-2H3,(H,22,24)/t12-,13-,14-,17-,18+/m0/s1. The van der Waals surface area contributed by atoms with Crippen molar-refractivity contribution in [3.8, 4) is 5.75 Å². The Hall–Kier alpha value is -2.63. The Morgan fingerprint density at radius 1 is 1.11 bits per heavy atom. The molecular weight excluding hydrogens is 344 g/mol. The fraction of sp³-hybridized carbons (Fsp3) is 0.476. The van der Waals surface area contributed by atoms with E-state index in [0.717, 1.165) is 18.6 Å². The summed E-state index contributed by atoms with van der Waals surface area (Å²) in [6, 6.07) is 6.20. The van der Waals surface area contributed by atoms with Crippen LogP contribution >= 0.6 is 0 Å². The molecule has 0 radical (unpaired) electrons. The fourth-order valence-electron chi connectivity index (χ4n) is 4.64. The highest BCUT2D eigenvalue weighted by Gasteiger charge is 2.58. The summed E-state index contributed by atoms with van der Waals surface area (Å²) in [5.41, 5.74) is 0.605. The first-order valence-electron chi connectivity index (χ1n) is 9.60. The summed E-state index contributed by atoms with van der Waals surface area (Å²) in [6.45, 7) is 4.09. The first-order chi connectivity index (χ1) is 13.0. The van der Waals surface area contributed by atoms with E-state index in [9.17, 15) is 14.4 Å². The molecule has 0 aromatic heterocycles. The van der Waals surface area contributed by atoms with Crippen molar-refractivity contribution in [3.05, 3.63) is 36.4 Å². The largest absolute Gasteiger partial charge is 0.494 e. The van der Waals surface area contributed by atoms with Crippen LogP contribution in [-0.4, -0.2) is 35.3 Å². The van der Waals surface area contributed by atoms with Gasteiger partial charge in [-0.3, -0.25) is 19.3 Å². The molecular formula is C21H24N2O4. The summed E-state index contributed by atoms with van der Waals surface area (Å²) in [5, 5.41) is 2.79. The Morgan fingerprint density at radius 2 is 1.67 bits per heavy atom. The monoisotopic (exact) mass is 368 g/mol. The molecule has 6 heteroatoms. The maximum atomic E-state index is 12.9. The number of amides is 3. The van der Waals surface area contributed by atoms with Crippen LogP contribution in [0.2, 0.25) is 0 Å². The Bertz CT molecular complexity index is 769. The zero-order valence-electron chi connectivity index (χ0n) is 15.6. The van der Waals surface area contributed by atoms with Gasteiger partial charge in [0.05, 0.1) is 18.4 Å². The van der Waals surface area contributed by atoms with Crippen molar-refractivity contribution in [2.45, 2.75) is 32.7 Å². The summed E-state index contributed by atoms with van der Waals surface area (Å²) in [4.78, 5) is 39.7. The zero-order valence-corrected chi connectivity index (χ0v) is 15.6. The van der Waals surface area contributed by atoms with E-state index < -0.39 is 6.04 Å². The smallest absolute Gasteiger partial charge is 0.247 e. The van der Waals surface area contributed by atoms with Gasteiger partial charge in [-0.1, -0.05) is 12.2 Å². The average molecular weight is 368 g/mol. The molecule has 2 fully saturated rings. The molecule has 1 saturated heterocycles. The molecule has 142 valence electrons. The molecule has 5 rings (SSSR count). The highest BCUT2D eigenvalue weighted by Crippen LogP contribution is 2.49. The average Bonchev–Trinajstić information content (AvgIpc) is 2.97. The lowest BCUT2D eigenvalue weighted by atomic mass is 9.63. The van der Waals surface area contributed by atoms with E-state index >= 15 is 0 Å². The van der Waals surface area contributed by atoms with Crippen LogP contribution in [0.25, 0.3) is 0 Å². The SMILES string of the molecule is CCOc1ccc(NC(=O)[C@H](C)N2C(=O)[C@@H]3[C@H](C2=O)[C@H]2C=C[C@H]3CC2)cc1. The minimum Gasteiger partial charge on any atom is -0.494 e. The zero-order chi connectivity index (χ0) is 19.1. The maximum Gasteiger partial charge on any atom is 0.247 e. The van der Waals surface area contributed by atoms with Gasteiger partial charge < -0.3 is 10.1 Å². The van der Waals surface area contributed by atoms with Crippen LogP contribution in [0, 0.1) is 23.7 Å². The molecule has 1 heterocycles. The number of fused-ring (bicyclic) bond motifs is 1. The number of anilines is 1. The first kappa shape index (κ1) is 17.8. The van der Waals surface area contributed by atoms with Crippen molar-refractivity contribution in [2.24, 2.45) is 23.7 Å². The summed E-state index contributed by atoms with van der Waals surface area (Å²) in [7, 11) is 0. The summed E-state index contributed by atoms with van der Waals surface area (Å²) in [6.07, 6.45) is 6.05. The Morgan fingerprint density at radius 3 is 2.15 bits per heavy atom. The van der Waals surface area contributed by atoms with Gasteiger partial charge in [0.2, 0.25) is 17.7 Å². The van der Waals surface area contributed by atoms with Crippen LogP contribution in [0.15, 0.2) is 36.4 Å². The summed E-state index contributed by atoms with van der Waals surface area (Å²) >= 11 is 0. The minimum absolute atomic E-state index is 0.128. The van der Waals surface area contributed by atoms with E-state index in [1.807, 2.05) is 6.92 Å². The quantitative estimate of drug-likeness (QED) is 0.640. The number of imide groups is 1. The molecule has 27 heavy (non-hydrogen) atoms. The lowest BCUT2D eigenvalue weighted by molar-refractivity contribution is -0.146. The molecule has 1 N–H and O–H groups in total. The van der Waals surface area contributed by atoms with Gasteiger partial charge in [-0.15, -0.1) is 0 Å². The van der Waals surface area contributed by atoms with E-state index in [4.69, 9.17) is 4.74 Å². The minimum atomic E-state index is -0.832. The summed E-state index contributed by atoms with van der Waals surface area (Å²) < 4.78 is 5.39.